The molecule has 0 amide bonds. The van der Waals surface area contributed by atoms with Crippen LogP contribution in [0, 0.1) is 5.82 Å². The number of aliphatic hydroxyl groups is 1. The van der Waals surface area contributed by atoms with E-state index >= 15 is 0 Å². The van der Waals surface area contributed by atoms with E-state index in [9.17, 15) is 17.6 Å². The summed E-state index contributed by atoms with van der Waals surface area (Å²) in [5.74, 6) is -2.43. The molecule has 0 aromatic carbocycles. The zero-order valence-electron chi connectivity index (χ0n) is 7.68. The second kappa shape index (κ2) is 4.84. The van der Waals surface area contributed by atoms with E-state index in [1.165, 1.54) is 0 Å². The molecule has 0 fully saturated rings. The number of rotatable bonds is 3. The molecule has 0 spiro atoms. The smallest absolute Gasteiger partial charge is 0.404 e. The Morgan fingerprint density at radius 2 is 2.06 bits per heavy atom. The lowest BCUT2D eigenvalue weighted by atomic mass is 10.2. The summed E-state index contributed by atoms with van der Waals surface area (Å²) < 4.78 is 52.6. The fourth-order valence-corrected chi connectivity index (χ4v) is 1.25. The molecule has 0 unspecified atom stereocenters. The maximum absolute atomic E-state index is 13.4. The van der Waals surface area contributed by atoms with E-state index < -0.39 is 36.0 Å². The molecule has 1 aromatic rings. The zero-order valence-corrected chi connectivity index (χ0v) is 8.44. The van der Waals surface area contributed by atoms with E-state index in [0.717, 1.165) is 0 Å². The van der Waals surface area contributed by atoms with Gasteiger partial charge in [-0.15, -0.1) is 24.8 Å². The van der Waals surface area contributed by atoms with Crippen LogP contribution in [0.25, 0.3) is 0 Å². The van der Waals surface area contributed by atoms with Gasteiger partial charge >= 0.3 is 6.36 Å². The summed E-state index contributed by atoms with van der Waals surface area (Å²) in [6.45, 7) is -0.734. The Bertz CT molecular complexity index is 383. The fourth-order valence-electron chi connectivity index (χ4n) is 1.00. The van der Waals surface area contributed by atoms with Crippen LogP contribution < -0.4 is 4.74 Å². The number of aromatic nitrogens is 1. The van der Waals surface area contributed by atoms with Crippen molar-refractivity contribution in [2.24, 2.45) is 0 Å². The van der Waals surface area contributed by atoms with Gasteiger partial charge in [0.05, 0.1) is 18.7 Å². The SMILES string of the molecule is OCc1ncc(OC(F)(F)F)c(CCl)c1F. The van der Waals surface area contributed by atoms with Crippen LogP contribution in [0.5, 0.6) is 5.75 Å². The Balaban J connectivity index is 3.16. The van der Waals surface area contributed by atoms with Gasteiger partial charge in [-0.25, -0.2) is 4.39 Å². The van der Waals surface area contributed by atoms with Crippen molar-refractivity contribution in [2.75, 3.05) is 0 Å². The number of hydrogen-bond acceptors (Lipinski definition) is 3. The van der Waals surface area contributed by atoms with Crippen molar-refractivity contribution in [1.29, 1.82) is 0 Å². The minimum absolute atomic E-state index is 0.384. The van der Waals surface area contributed by atoms with E-state index in [4.69, 9.17) is 16.7 Å². The third-order valence-electron chi connectivity index (χ3n) is 1.66. The molecule has 0 saturated carbocycles. The average Bonchev–Trinajstić information content (AvgIpc) is 2.16. The van der Waals surface area contributed by atoms with Crippen LogP contribution in [0.3, 0.4) is 0 Å². The van der Waals surface area contributed by atoms with Gasteiger partial charge in [0.1, 0.15) is 5.69 Å². The second-order valence-corrected chi connectivity index (χ2v) is 2.97. The molecule has 0 saturated heterocycles. The van der Waals surface area contributed by atoms with Crippen LogP contribution in [0.1, 0.15) is 11.3 Å². The van der Waals surface area contributed by atoms with Crippen molar-refractivity contribution in [3.8, 4) is 5.75 Å². The van der Waals surface area contributed by atoms with Crippen LogP contribution in [0.2, 0.25) is 0 Å². The van der Waals surface area contributed by atoms with Crippen molar-refractivity contribution in [3.05, 3.63) is 23.3 Å². The number of hydrogen-bond donors (Lipinski definition) is 1. The summed E-state index contributed by atoms with van der Waals surface area (Å²) in [5, 5.41) is 8.65. The third-order valence-corrected chi connectivity index (χ3v) is 1.93. The first-order valence-corrected chi connectivity index (χ1v) is 4.51. The van der Waals surface area contributed by atoms with Gasteiger partial charge in [0, 0.05) is 5.56 Å². The first-order chi connectivity index (χ1) is 7.39. The Hall–Kier alpha value is -1.08. The van der Waals surface area contributed by atoms with Crippen molar-refractivity contribution < 1.29 is 27.4 Å². The molecule has 0 aliphatic rings. The lowest BCUT2D eigenvalue weighted by molar-refractivity contribution is -0.275. The second-order valence-electron chi connectivity index (χ2n) is 2.70. The van der Waals surface area contributed by atoms with E-state index in [-0.39, 0.29) is 5.69 Å². The Morgan fingerprint density at radius 1 is 1.44 bits per heavy atom. The number of ether oxygens (including phenoxy) is 1. The molecular weight excluding hydrogens is 254 g/mol. The number of halogens is 5. The van der Waals surface area contributed by atoms with Crippen molar-refractivity contribution in [2.45, 2.75) is 18.8 Å². The highest BCUT2D eigenvalue weighted by molar-refractivity contribution is 6.17. The van der Waals surface area contributed by atoms with Gasteiger partial charge < -0.3 is 9.84 Å². The lowest BCUT2D eigenvalue weighted by Gasteiger charge is -2.13. The van der Waals surface area contributed by atoms with Crippen molar-refractivity contribution in [1.82, 2.24) is 4.98 Å². The van der Waals surface area contributed by atoms with Gasteiger partial charge in [-0.1, -0.05) is 0 Å². The van der Waals surface area contributed by atoms with Crippen molar-refractivity contribution >= 4 is 11.6 Å². The third kappa shape index (κ3) is 2.96. The summed E-state index contributed by atoms with van der Waals surface area (Å²) in [6.07, 6.45) is -4.28. The van der Waals surface area contributed by atoms with Crippen LogP contribution in [-0.4, -0.2) is 16.5 Å². The van der Waals surface area contributed by atoms with Gasteiger partial charge in [0.25, 0.3) is 0 Å². The molecule has 1 rings (SSSR count). The van der Waals surface area contributed by atoms with Crippen LogP contribution in [0.15, 0.2) is 6.20 Å². The van der Waals surface area contributed by atoms with E-state index in [1.54, 1.807) is 0 Å². The molecule has 0 aliphatic carbocycles. The molecule has 1 aromatic heterocycles. The predicted molar refractivity (Wildman–Crippen MR) is 46.4 cm³/mol. The Morgan fingerprint density at radius 3 is 2.50 bits per heavy atom. The quantitative estimate of drug-likeness (QED) is 0.669. The standard InChI is InChI=1S/C8H6ClF4NO2/c9-1-4-6(16-8(11,12)13)2-14-5(3-15)7(4)10/h2,15H,1,3H2. The minimum atomic E-state index is -4.95. The minimum Gasteiger partial charge on any atom is -0.404 e. The molecule has 90 valence electrons. The Kier molecular flexibility index (Phi) is 3.93. The van der Waals surface area contributed by atoms with Crippen LogP contribution >= 0.6 is 11.6 Å². The molecular formula is C8H6ClF4NO2. The summed E-state index contributed by atoms with van der Waals surface area (Å²) in [4.78, 5) is 3.28. The highest BCUT2D eigenvalue weighted by atomic mass is 35.5. The molecule has 0 atom stereocenters. The van der Waals surface area contributed by atoms with E-state index in [1.807, 2.05) is 0 Å². The molecule has 1 N–H and O–H groups in total. The topological polar surface area (TPSA) is 42.4 Å². The lowest BCUT2D eigenvalue weighted by Crippen LogP contribution is -2.19. The molecule has 0 bridgehead atoms. The molecule has 8 heteroatoms. The molecule has 16 heavy (non-hydrogen) atoms. The average molecular weight is 260 g/mol. The first kappa shape index (κ1) is 13.0. The van der Waals surface area contributed by atoms with Crippen LogP contribution in [0.4, 0.5) is 17.6 Å². The summed E-state index contributed by atoms with van der Waals surface area (Å²) in [7, 11) is 0. The summed E-state index contributed by atoms with van der Waals surface area (Å²) >= 11 is 5.30. The molecule has 3 nitrogen and oxygen atoms in total. The van der Waals surface area contributed by atoms with Crippen molar-refractivity contribution in [3.63, 3.8) is 0 Å². The van der Waals surface area contributed by atoms with Gasteiger partial charge in [-0.05, 0) is 0 Å². The number of aliphatic hydroxyl groups excluding tert-OH is 1. The van der Waals surface area contributed by atoms with Gasteiger partial charge in [-0.2, -0.15) is 0 Å². The molecule has 0 aliphatic heterocycles. The number of alkyl halides is 4. The highest BCUT2D eigenvalue weighted by Gasteiger charge is 2.33. The zero-order chi connectivity index (χ0) is 12.3. The summed E-state index contributed by atoms with van der Waals surface area (Å²) in [6, 6.07) is 0. The van der Waals surface area contributed by atoms with Gasteiger partial charge in [-0.3, -0.25) is 4.98 Å². The highest BCUT2D eigenvalue weighted by Crippen LogP contribution is 2.29. The van der Waals surface area contributed by atoms with Gasteiger partial charge in [0.15, 0.2) is 11.6 Å². The molecule has 1 heterocycles. The first-order valence-electron chi connectivity index (χ1n) is 3.98. The normalized spacial score (nSPS) is 11.6. The maximum Gasteiger partial charge on any atom is 0.573 e. The number of nitrogens with zero attached hydrogens (tertiary/aromatic N) is 1. The maximum atomic E-state index is 13.4. The monoisotopic (exact) mass is 259 g/mol. The Labute approximate surface area is 92.6 Å². The predicted octanol–water partition coefficient (Wildman–Crippen LogP) is 2.35. The van der Waals surface area contributed by atoms with E-state index in [2.05, 4.69) is 9.72 Å². The van der Waals surface area contributed by atoms with Gasteiger partial charge in [0.2, 0.25) is 0 Å². The number of pyridine rings is 1. The van der Waals surface area contributed by atoms with E-state index in [0.29, 0.717) is 6.20 Å². The summed E-state index contributed by atoms with van der Waals surface area (Å²) in [5.41, 5.74) is -0.872. The fraction of sp³-hybridized carbons (Fsp3) is 0.375. The largest absolute Gasteiger partial charge is 0.573 e. The van der Waals surface area contributed by atoms with Crippen LogP contribution in [-0.2, 0) is 12.5 Å². The molecule has 0 radical (unpaired) electrons.